The highest BCUT2D eigenvalue weighted by molar-refractivity contribution is 6.28. The van der Waals surface area contributed by atoms with Crippen molar-refractivity contribution in [1.29, 1.82) is 0 Å². The third-order valence-corrected chi connectivity index (χ3v) is 2.32. The fourth-order valence-electron chi connectivity index (χ4n) is 1.52. The van der Waals surface area contributed by atoms with Gasteiger partial charge in [0.15, 0.2) is 0 Å². The first-order valence-electron chi connectivity index (χ1n) is 4.78. The van der Waals surface area contributed by atoms with Gasteiger partial charge in [-0.25, -0.2) is 9.97 Å². The Labute approximate surface area is 93.1 Å². The molecule has 1 aromatic carbocycles. The maximum absolute atomic E-state index is 5.82. The topological polar surface area (TPSA) is 35.0 Å². The summed E-state index contributed by atoms with van der Waals surface area (Å²) < 4.78 is 5.48. The van der Waals surface area contributed by atoms with Gasteiger partial charge in [-0.2, -0.15) is 0 Å². The van der Waals surface area contributed by atoms with Crippen molar-refractivity contribution in [2.45, 2.75) is 13.8 Å². The number of aryl methyl sites for hydroxylation is 1. The number of aromatic nitrogens is 2. The molecule has 0 bridgehead atoms. The standard InChI is InChI=1S/C11H11ClN2O/c1-3-15-9-6-4-5-8-7(2)13-11(12)14-10(8)9/h4-6H,3H2,1-2H3. The molecule has 78 valence electrons. The van der Waals surface area contributed by atoms with Gasteiger partial charge in [-0.15, -0.1) is 0 Å². The molecule has 0 atom stereocenters. The lowest BCUT2D eigenvalue weighted by molar-refractivity contribution is 0.343. The molecule has 0 radical (unpaired) electrons. The molecule has 0 aliphatic rings. The van der Waals surface area contributed by atoms with E-state index in [2.05, 4.69) is 9.97 Å². The normalized spacial score (nSPS) is 10.6. The first kappa shape index (κ1) is 10.2. The van der Waals surface area contributed by atoms with E-state index in [9.17, 15) is 0 Å². The zero-order chi connectivity index (χ0) is 10.8. The molecular weight excluding hydrogens is 212 g/mol. The highest BCUT2D eigenvalue weighted by Gasteiger charge is 2.07. The van der Waals surface area contributed by atoms with Crippen molar-refractivity contribution < 1.29 is 4.74 Å². The van der Waals surface area contributed by atoms with Crippen LogP contribution in [-0.2, 0) is 0 Å². The van der Waals surface area contributed by atoms with Gasteiger partial charge < -0.3 is 4.74 Å². The summed E-state index contributed by atoms with van der Waals surface area (Å²) in [4.78, 5) is 8.29. The van der Waals surface area contributed by atoms with E-state index in [-0.39, 0.29) is 5.28 Å². The lowest BCUT2D eigenvalue weighted by atomic mass is 10.2. The van der Waals surface area contributed by atoms with E-state index in [1.165, 1.54) is 0 Å². The minimum atomic E-state index is 0.257. The second-order valence-corrected chi connectivity index (χ2v) is 3.50. The number of halogens is 1. The first-order chi connectivity index (χ1) is 7.22. The summed E-state index contributed by atoms with van der Waals surface area (Å²) in [5.74, 6) is 0.752. The van der Waals surface area contributed by atoms with E-state index in [0.717, 1.165) is 22.3 Å². The van der Waals surface area contributed by atoms with Crippen molar-refractivity contribution in [2.75, 3.05) is 6.61 Å². The Bertz CT molecular complexity index is 499. The van der Waals surface area contributed by atoms with Gasteiger partial charge in [-0.1, -0.05) is 12.1 Å². The van der Waals surface area contributed by atoms with Crippen LogP contribution in [0, 0.1) is 6.92 Å². The predicted octanol–water partition coefficient (Wildman–Crippen LogP) is 2.99. The zero-order valence-electron chi connectivity index (χ0n) is 8.62. The van der Waals surface area contributed by atoms with E-state index in [0.29, 0.717) is 6.61 Å². The van der Waals surface area contributed by atoms with Gasteiger partial charge in [0.25, 0.3) is 0 Å². The molecule has 1 heterocycles. The van der Waals surface area contributed by atoms with Gasteiger partial charge in [0.2, 0.25) is 5.28 Å². The number of hydrogen-bond donors (Lipinski definition) is 0. The minimum Gasteiger partial charge on any atom is -0.492 e. The van der Waals surface area contributed by atoms with Crippen LogP contribution in [0.2, 0.25) is 5.28 Å². The number of hydrogen-bond acceptors (Lipinski definition) is 3. The van der Waals surface area contributed by atoms with Crippen LogP contribution in [-0.4, -0.2) is 16.6 Å². The SMILES string of the molecule is CCOc1cccc2c(C)nc(Cl)nc12. The van der Waals surface area contributed by atoms with Gasteiger partial charge in [0.1, 0.15) is 11.3 Å². The van der Waals surface area contributed by atoms with E-state index in [1.807, 2.05) is 32.0 Å². The van der Waals surface area contributed by atoms with Gasteiger partial charge in [-0.3, -0.25) is 0 Å². The minimum absolute atomic E-state index is 0.257. The molecule has 0 unspecified atom stereocenters. The third-order valence-electron chi connectivity index (χ3n) is 2.15. The molecule has 0 aliphatic carbocycles. The highest BCUT2D eigenvalue weighted by atomic mass is 35.5. The van der Waals surface area contributed by atoms with Crippen LogP contribution in [0.3, 0.4) is 0 Å². The Hall–Kier alpha value is -1.35. The summed E-state index contributed by atoms with van der Waals surface area (Å²) in [7, 11) is 0. The summed E-state index contributed by atoms with van der Waals surface area (Å²) in [6.45, 7) is 4.46. The van der Waals surface area contributed by atoms with E-state index < -0.39 is 0 Å². The Morgan fingerprint density at radius 1 is 1.33 bits per heavy atom. The van der Waals surface area contributed by atoms with E-state index >= 15 is 0 Å². The molecule has 0 fully saturated rings. The van der Waals surface area contributed by atoms with Crippen LogP contribution in [0.15, 0.2) is 18.2 Å². The molecule has 0 amide bonds. The average molecular weight is 223 g/mol. The zero-order valence-corrected chi connectivity index (χ0v) is 9.38. The molecule has 0 saturated carbocycles. The van der Waals surface area contributed by atoms with Crippen molar-refractivity contribution in [3.05, 3.63) is 29.2 Å². The number of benzene rings is 1. The molecule has 0 saturated heterocycles. The second-order valence-electron chi connectivity index (χ2n) is 3.16. The fraction of sp³-hybridized carbons (Fsp3) is 0.273. The molecule has 0 aliphatic heterocycles. The maximum atomic E-state index is 5.82. The van der Waals surface area contributed by atoms with E-state index in [4.69, 9.17) is 16.3 Å². The van der Waals surface area contributed by atoms with Crippen molar-refractivity contribution in [3.63, 3.8) is 0 Å². The van der Waals surface area contributed by atoms with E-state index in [1.54, 1.807) is 0 Å². The third kappa shape index (κ3) is 1.88. The quantitative estimate of drug-likeness (QED) is 0.733. The predicted molar refractivity (Wildman–Crippen MR) is 60.5 cm³/mol. The summed E-state index contributed by atoms with van der Waals surface area (Å²) in [5.41, 5.74) is 1.64. The fourth-order valence-corrected chi connectivity index (χ4v) is 1.73. The van der Waals surface area contributed by atoms with Crippen LogP contribution >= 0.6 is 11.6 Å². The number of para-hydroxylation sites is 1. The second kappa shape index (κ2) is 4.03. The van der Waals surface area contributed by atoms with Crippen molar-refractivity contribution in [1.82, 2.24) is 9.97 Å². The van der Waals surface area contributed by atoms with Crippen molar-refractivity contribution in [2.24, 2.45) is 0 Å². The molecule has 3 nitrogen and oxygen atoms in total. The van der Waals surface area contributed by atoms with Gasteiger partial charge in [0.05, 0.1) is 12.3 Å². The number of nitrogens with zero attached hydrogens (tertiary/aromatic N) is 2. The molecule has 1 aromatic heterocycles. The molecule has 0 spiro atoms. The molecular formula is C11H11ClN2O. The van der Waals surface area contributed by atoms with Crippen LogP contribution in [0.1, 0.15) is 12.6 Å². The van der Waals surface area contributed by atoms with Crippen LogP contribution in [0.5, 0.6) is 5.75 Å². The lowest BCUT2D eigenvalue weighted by Crippen LogP contribution is -1.96. The highest BCUT2D eigenvalue weighted by Crippen LogP contribution is 2.26. The van der Waals surface area contributed by atoms with Crippen LogP contribution in [0.4, 0.5) is 0 Å². The molecule has 15 heavy (non-hydrogen) atoms. The maximum Gasteiger partial charge on any atom is 0.223 e. The Balaban J connectivity index is 2.73. The monoisotopic (exact) mass is 222 g/mol. The summed E-state index contributed by atoms with van der Waals surface area (Å²) in [6.07, 6.45) is 0. The Morgan fingerprint density at radius 3 is 2.87 bits per heavy atom. The molecule has 2 aromatic rings. The van der Waals surface area contributed by atoms with Crippen LogP contribution in [0.25, 0.3) is 10.9 Å². The largest absolute Gasteiger partial charge is 0.492 e. The Kier molecular flexibility index (Phi) is 2.73. The van der Waals surface area contributed by atoms with Crippen LogP contribution < -0.4 is 4.74 Å². The molecule has 4 heteroatoms. The number of fused-ring (bicyclic) bond motifs is 1. The van der Waals surface area contributed by atoms with Gasteiger partial charge in [0, 0.05) is 5.39 Å². The summed E-state index contributed by atoms with van der Waals surface area (Å²) in [6, 6.07) is 5.77. The van der Waals surface area contributed by atoms with Gasteiger partial charge in [-0.05, 0) is 31.5 Å². The summed E-state index contributed by atoms with van der Waals surface area (Å²) >= 11 is 5.82. The van der Waals surface area contributed by atoms with Crippen molar-refractivity contribution >= 4 is 22.5 Å². The number of ether oxygens (including phenoxy) is 1. The first-order valence-corrected chi connectivity index (χ1v) is 5.16. The smallest absolute Gasteiger partial charge is 0.223 e. The molecule has 0 N–H and O–H groups in total. The molecule has 2 rings (SSSR count). The number of rotatable bonds is 2. The van der Waals surface area contributed by atoms with Crippen molar-refractivity contribution in [3.8, 4) is 5.75 Å². The summed E-state index contributed by atoms with van der Waals surface area (Å²) in [5, 5.41) is 1.23. The Morgan fingerprint density at radius 2 is 2.13 bits per heavy atom. The van der Waals surface area contributed by atoms with Gasteiger partial charge >= 0.3 is 0 Å². The lowest BCUT2D eigenvalue weighted by Gasteiger charge is -2.07. The average Bonchev–Trinajstić information content (AvgIpc) is 2.19.